The first-order valence-electron chi connectivity index (χ1n) is 10.8. The third-order valence-corrected chi connectivity index (χ3v) is 6.19. The van der Waals surface area contributed by atoms with E-state index in [2.05, 4.69) is 10.6 Å². The second kappa shape index (κ2) is 8.34. The summed E-state index contributed by atoms with van der Waals surface area (Å²) in [6, 6.07) is 21.5. The van der Waals surface area contributed by atoms with E-state index in [1.165, 1.54) is 0 Å². The zero-order chi connectivity index (χ0) is 22.1. The van der Waals surface area contributed by atoms with Gasteiger partial charge in [-0.15, -0.1) is 0 Å². The normalized spacial score (nSPS) is 19.1. The number of hydrogen-bond donors (Lipinski definition) is 2. The van der Waals surface area contributed by atoms with E-state index in [1.807, 2.05) is 59.5 Å². The number of hydrogen-bond acceptors (Lipinski definition) is 3. The zero-order valence-corrected chi connectivity index (χ0v) is 17.5. The lowest BCUT2D eigenvalue weighted by Crippen LogP contribution is -2.49. The molecule has 0 unspecified atom stereocenters. The number of carbonyl (C=O) groups excluding carboxylic acids is 2. The number of benzene rings is 2. The molecule has 1 aromatic heterocycles. The quantitative estimate of drug-likeness (QED) is 0.666. The Labute approximate surface area is 185 Å². The number of aromatic nitrogens is 1. The van der Waals surface area contributed by atoms with Crippen molar-refractivity contribution in [1.82, 2.24) is 9.47 Å². The Hall–Kier alpha value is -3.87. The minimum absolute atomic E-state index is 0.0342. The average Bonchev–Trinajstić information content (AvgIpc) is 2.82. The maximum absolute atomic E-state index is 13.1. The average molecular weight is 428 g/mol. The van der Waals surface area contributed by atoms with Crippen LogP contribution in [0.5, 0.6) is 0 Å². The number of piperidine rings is 1. The third kappa shape index (κ3) is 3.89. The third-order valence-electron chi connectivity index (χ3n) is 6.19. The summed E-state index contributed by atoms with van der Waals surface area (Å²) in [6.45, 7) is 1.76. The lowest BCUT2D eigenvalue weighted by molar-refractivity contribution is 0.0594. The van der Waals surface area contributed by atoms with Crippen molar-refractivity contribution in [3.05, 3.63) is 94.4 Å². The summed E-state index contributed by atoms with van der Waals surface area (Å²) in [5, 5.41) is 5.40. The Morgan fingerprint density at radius 3 is 2.28 bits per heavy atom. The molecule has 5 rings (SSSR count). The van der Waals surface area contributed by atoms with Crippen LogP contribution in [0.1, 0.15) is 28.4 Å². The predicted octanol–water partition coefficient (Wildman–Crippen LogP) is 3.75. The zero-order valence-electron chi connectivity index (χ0n) is 17.5. The molecule has 2 aliphatic rings. The highest BCUT2D eigenvalue weighted by atomic mass is 16.2. The number of anilines is 2. The Balaban J connectivity index is 1.34. The summed E-state index contributed by atoms with van der Waals surface area (Å²) < 4.78 is 1.77. The number of fused-ring (bicyclic) bond motifs is 4. The summed E-state index contributed by atoms with van der Waals surface area (Å²) in [4.78, 5) is 40.3. The molecule has 3 heterocycles. The molecular weight excluding hydrogens is 404 g/mol. The molecule has 1 saturated heterocycles. The minimum atomic E-state index is -0.454. The van der Waals surface area contributed by atoms with Gasteiger partial charge in [-0.05, 0) is 48.7 Å². The number of nitrogens with zero attached hydrogens (tertiary/aromatic N) is 2. The molecule has 2 atom stereocenters. The highest BCUT2D eigenvalue weighted by Gasteiger charge is 2.37. The smallest absolute Gasteiger partial charge is 0.323 e. The van der Waals surface area contributed by atoms with E-state index in [9.17, 15) is 14.4 Å². The van der Waals surface area contributed by atoms with E-state index in [0.29, 0.717) is 30.9 Å². The van der Waals surface area contributed by atoms with Gasteiger partial charge in [0.15, 0.2) is 0 Å². The standard InChI is InChI=1S/C25H24N4O3/c30-23(18-7-3-1-4-8-18)28-14-17-13-19(16-28)22-12-11-21(24(31)29(22)15-17)27-25(32)26-20-9-5-2-6-10-20/h1-12,17,19H,13-16H2,(H2,26,27,32)/t17-,19+/m0/s1. The van der Waals surface area contributed by atoms with Crippen LogP contribution in [0.4, 0.5) is 16.2 Å². The SMILES string of the molecule is O=C(Nc1ccccc1)Nc1ccc2n(c1=O)C[C@H]1C[C@@H]2CN(C(=O)c2ccccc2)C1. The fourth-order valence-corrected chi connectivity index (χ4v) is 4.78. The molecule has 3 amide bonds. The summed E-state index contributed by atoms with van der Waals surface area (Å²) in [6.07, 6.45) is 0.958. The van der Waals surface area contributed by atoms with Crippen LogP contribution in [0.3, 0.4) is 0 Å². The number of nitrogens with one attached hydrogen (secondary N) is 2. The summed E-state index contributed by atoms with van der Waals surface area (Å²) in [7, 11) is 0. The van der Waals surface area contributed by atoms with Crippen molar-refractivity contribution in [2.45, 2.75) is 18.9 Å². The number of carbonyl (C=O) groups is 2. The highest BCUT2D eigenvalue weighted by Crippen LogP contribution is 2.36. The fraction of sp³-hybridized carbons (Fsp3) is 0.240. The van der Waals surface area contributed by atoms with Crippen molar-refractivity contribution in [2.75, 3.05) is 23.7 Å². The molecule has 3 aromatic rings. The van der Waals surface area contributed by atoms with Gasteiger partial charge >= 0.3 is 6.03 Å². The Bertz CT molecular complexity index is 1210. The highest BCUT2D eigenvalue weighted by molar-refractivity contribution is 5.99. The van der Waals surface area contributed by atoms with Gasteiger partial charge in [-0.2, -0.15) is 0 Å². The van der Waals surface area contributed by atoms with Crippen molar-refractivity contribution in [3.8, 4) is 0 Å². The predicted molar refractivity (Wildman–Crippen MR) is 123 cm³/mol. The molecule has 0 spiro atoms. The number of likely N-dealkylation sites (tertiary alicyclic amines) is 1. The molecule has 2 bridgehead atoms. The van der Waals surface area contributed by atoms with Crippen LogP contribution in [-0.2, 0) is 6.54 Å². The monoisotopic (exact) mass is 428 g/mol. The molecule has 0 radical (unpaired) electrons. The minimum Gasteiger partial charge on any atom is -0.338 e. The molecule has 0 aliphatic carbocycles. The molecule has 7 nitrogen and oxygen atoms in total. The van der Waals surface area contributed by atoms with E-state index >= 15 is 0 Å². The van der Waals surface area contributed by atoms with Crippen LogP contribution in [0.25, 0.3) is 0 Å². The van der Waals surface area contributed by atoms with Gasteiger partial charge in [0.1, 0.15) is 5.69 Å². The van der Waals surface area contributed by atoms with Crippen LogP contribution in [0, 0.1) is 5.92 Å². The summed E-state index contributed by atoms with van der Waals surface area (Å²) in [5.41, 5.74) is 2.31. The first-order chi connectivity index (χ1) is 15.6. The molecule has 7 heteroatoms. The number of amides is 3. The van der Waals surface area contributed by atoms with Crippen molar-refractivity contribution < 1.29 is 9.59 Å². The van der Waals surface area contributed by atoms with E-state index in [4.69, 9.17) is 0 Å². The maximum atomic E-state index is 13.1. The largest absolute Gasteiger partial charge is 0.338 e. The second-order valence-electron chi connectivity index (χ2n) is 8.41. The number of para-hydroxylation sites is 1. The summed E-state index contributed by atoms with van der Waals surface area (Å²) in [5.74, 6) is 0.349. The van der Waals surface area contributed by atoms with Crippen LogP contribution in [-0.4, -0.2) is 34.5 Å². The van der Waals surface area contributed by atoms with Crippen molar-refractivity contribution in [2.24, 2.45) is 5.92 Å². The van der Waals surface area contributed by atoms with Gasteiger partial charge in [-0.1, -0.05) is 36.4 Å². The summed E-state index contributed by atoms with van der Waals surface area (Å²) >= 11 is 0. The molecule has 2 aliphatic heterocycles. The van der Waals surface area contributed by atoms with E-state index in [1.54, 1.807) is 22.8 Å². The Morgan fingerprint density at radius 2 is 1.53 bits per heavy atom. The van der Waals surface area contributed by atoms with E-state index in [-0.39, 0.29) is 29.0 Å². The number of rotatable bonds is 3. The molecule has 1 fully saturated rings. The van der Waals surface area contributed by atoms with Gasteiger partial charge in [0.2, 0.25) is 0 Å². The van der Waals surface area contributed by atoms with Crippen LogP contribution in [0.2, 0.25) is 0 Å². The lowest BCUT2D eigenvalue weighted by atomic mass is 9.83. The van der Waals surface area contributed by atoms with Gasteiger partial charge in [0, 0.05) is 42.5 Å². The molecule has 0 saturated carbocycles. The van der Waals surface area contributed by atoms with E-state index in [0.717, 1.165) is 12.1 Å². The van der Waals surface area contributed by atoms with Crippen molar-refractivity contribution in [3.63, 3.8) is 0 Å². The molecule has 2 N–H and O–H groups in total. The Kier molecular flexibility index (Phi) is 5.23. The molecule has 2 aromatic carbocycles. The number of urea groups is 1. The van der Waals surface area contributed by atoms with Gasteiger partial charge < -0.3 is 20.1 Å². The van der Waals surface area contributed by atoms with Gasteiger partial charge in [0.05, 0.1) is 0 Å². The second-order valence-corrected chi connectivity index (χ2v) is 8.41. The van der Waals surface area contributed by atoms with Gasteiger partial charge in [-0.25, -0.2) is 4.79 Å². The van der Waals surface area contributed by atoms with Crippen LogP contribution in [0.15, 0.2) is 77.6 Å². The van der Waals surface area contributed by atoms with Crippen molar-refractivity contribution >= 4 is 23.3 Å². The topological polar surface area (TPSA) is 83.4 Å². The molecule has 32 heavy (non-hydrogen) atoms. The van der Waals surface area contributed by atoms with E-state index < -0.39 is 6.03 Å². The maximum Gasteiger partial charge on any atom is 0.323 e. The first-order valence-corrected chi connectivity index (χ1v) is 10.8. The lowest BCUT2D eigenvalue weighted by Gasteiger charge is -2.43. The van der Waals surface area contributed by atoms with Crippen LogP contribution >= 0.6 is 0 Å². The van der Waals surface area contributed by atoms with Gasteiger partial charge in [-0.3, -0.25) is 9.59 Å². The number of pyridine rings is 1. The fourth-order valence-electron chi connectivity index (χ4n) is 4.78. The van der Waals surface area contributed by atoms with Crippen LogP contribution < -0.4 is 16.2 Å². The van der Waals surface area contributed by atoms with Crippen molar-refractivity contribution in [1.29, 1.82) is 0 Å². The first kappa shape index (κ1) is 20.1. The molecule has 162 valence electrons. The molecular formula is C25H24N4O3. The van der Waals surface area contributed by atoms with Gasteiger partial charge in [0.25, 0.3) is 11.5 Å². The Morgan fingerprint density at radius 1 is 0.812 bits per heavy atom.